The predicted octanol–water partition coefficient (Wildman–Crippen LogP) is 1.84. The number of carbonyl (C=O) groups excluding carboxylic acids is 2. The SMILES string of the molecule is CCNC(=NCc1ccsc1)NCc1ccc(C(=O)NCC(N)=O)cc1.I. The van der Waals surface area contributed by atoms with Gasteiger partial charge >= 0.3 is 0 Å². The molecule has 5 N–H and O–H groups in total. The molecule has 2 amide bonds. The van der Waals surface area contributed by atoms with E-state index < -0.39 is 5.91 Å². The number of hydrogen-bond acceptors (Lipinski definition) is 4. The van der Waals surface area contributed by atoms with Crippen LogP contribution in [0.1, 0.15) is 28.4 Å². The molecule has 0 spiro atoms. The van der Waals surface area contributed by atoms with Gasteiger partial charge in [-0.2, -0.15) is 11.3 Å². The minimum atomic E-state index is -0.572. The first-order valence-electron chi connectivity index (χ1n) is 8.27. The van der Waals surface area contributed by atoms with Gasteiger partial charge in [0.25, 0.3) is 5.91 Å². The zero-order valence-corrected chi connectivity index (χ0v) is 18.2. The molecule has 2 aromatic rings. The van der Waals surface area contributed by atoms with E-state index in [1.54, 1.807) is 23.5 Å². The van der Waals surface area contributed by atoms with Gasteiger partial charge in [-0.25, -0.2) is 4.99 Å². The van der Waals surface area contributed by atoms with Crippen LogP contribution < -0.4 is 21.7 Å². The van der Waals surface area contributed by atoms with E-state index in [0.717, 1.165) is 18.1 Å². The third-order valence-electron chi connectivity index (χ3n) is 3.44. The van der Waals surface area contributed by atoms with Crippen molar-refractivity contribution < 1.29 is 9.59 Å². The molecule has 1 aromatic carbocycles. The molecule has 0 aliphatic carbocycles. The number of nitrogens with one attached hydrogen (secondary N) is 3. The largest absolute Gasteiger partial charge is 0.368 e. The summed E-state index contributed by atoms with van der Waals surface area (Å²) in [5.74, 6) is -0.159. The highest BCUT2D eigenvalue weighted by molar-refractivity contribution is 14.0. The lowest BCUT2D eigenvalue weighted by molar-refractivity contribution is -0.117. The van der Waals surface area contributed by atoms with E-state index in [0.29, 0.717) is 18.7 Å². The van der Waals surface area contributed by atoms with Crippen LogP contribution in [-0.4, -0.2) is 30.9 Å². The third-order valence-corrected chi connectivity index (χ3v) is 4.18. The number of guanidine groups is 1. The van der Waals surface area contributed by atoms with E-state index in [2.05, 4.69) is 32.4 Å². The normalized spacial score (nSPS) is 10.6. The van der Waals surface area contributed by atoms with Gasteiger partial charge in [0.1, 0.15) is 0 Å². The van der Waals surface area contributed by atoms with Crippen LogP contribution in [0.2, 0.25) is 0 Å². The second kappa shape index (κ2) is 12.3. The first-order chi connectivity index (χ1) is 12.6. The maximum absolute atomic E-state index is 11.8. The second-order valence-corrected chi connectivity index (χ2v) is 6.31. The maximum atomic E-state index is 11.8. The molecule has 0 bridgehead atoms. The van der Waals surface area contributed by atoms with E-state index >= 15 is 0 Å². The molecule has 0 aliphatic rings. The maximum Gasteiger partial charge on any atom is 0.251 e. The highest BCUT2D eigenvalue weighted by atomic mass is 127. The fourth-order valence-corrected chi connectivity index (χ4v) is 2.78. The van der Waals surface area contributed by atoms with Crippen molar-refractivity contribution in [2.75, 3.05) is 13.1 Å². The summed E-state index contributed by atoms with van der Waals surface area (Å²) >= 11 is 1.66. The van der Waals surface area contributed by atoms with E-state index in [4.69, 9.17) is 5.73 Å². The fraction of sp³-hybridized carbons (Fsp3) is 0.278. The molecular formula is C18H24IN5O2S. The lowest BCUT2D eigenvalue weighted by Crippen LogP contribution is -2.36. The quantitative estimate of drug-likeness (QED) is 0.252. The summed E-state index contributed by atoms with van der Waals surface area (Å²) in [5, 5.41) is 13.0. The van der Waals surface area contributed by atoms with Crippen LogP contribution in [0.15, 0.2) is 46.1 Å². The minimum Gasteiger partial charge on any atom is -0.368 e. The topological polar surface area (TPSA) is 109 Å². The Hall–Kier alpha value is -2.14. The van der Waals surface area contributed by atoms with Gasteiger partial charge in [-0.1, -0.05) is 12.1 Å². The number of amides is 2. The summed E-state index contributed by atoms with van der Waals surface area (Å²) < 4.78 is 0. The molecule has 1 heterocycles. The van der Waals surface area contributed by atoms with Crippen LogP contribution in [-0.2, 0) is 17.9 Å². The van der Waals surface area contributed by atoms with Crippen molar-refractivity contribution in [2.24, 2.45) is 10.7 Å². The van der Waals surface area contributed by atoms with Crippen molar-refractivity contribution in [1.82, 2.24) is 16.0 Å². The van der Waals surface area contributed by atoms with Crippen molar-refractivity contribution in [2.45, 2.75) is 20.0 Å². The number of thiophene rings is 1. The summed E-state index contributed by atoms with van der Waals surface area (Å²) in [5.41, 5.74) is 7.68. The lowest BCUT2D eigenvalue weighted by atomic mass is 10.1. The highest BCUT2D eigenvalue weighted by Gasteiger charge is 2.06. The molecule has 0 saturated heterocycles. The number of rotatable bonds is 8. The van der Waals surface area contributed by atoms with Crippen LogP contribution in [0.25, 0.3) is 0 Å². The molecule has 9 heteroatoms. The molecule has 0 fully saturated rings. The Morgan fingerprint density at radius 3 is 2.41 bits per heavy atom. The number of carbonyl (C=O) groups is 2. The average molecular weight is 501 g/mol. The molecule has 2 rings (SSSR count). The van der Waals surface area contributed by atoms with Gasteiger partial charge in [-0.3, -0.25) is 9.59 Å². The van der Waals surface area contributed by atoms with Gasteiger partial charge in [-0.15, -0.1) is 24.0 Å². The van der Waals surface area contributed by atoms with Gasteiger partial charge in [0.05, 0.1) is 13.1 Å². The van der Waals surface area contributed by atoms with Gasteiger partial charge < -0.3 is 21.7 Å². The molecule has 7 nitrogen and oxygen atoms in total. The number of hydrogen-bond donors (Lipinski definition) is 4. The third kappa shape index (κ3) is 8.39. The van der Waals surface area contributed by atoms with E-state index in [-0.39, 0.29) is 36.4 Å². The number of primary amides is 1. The zero-order valence-electron chi connectivity index (χ0n) is 15.0. The molecule has 0 radical (unpaired) electrons. The van der Waals surface area contributed by atoms with Crippen LogP contribution in [0.3, 0.4) is 0 Å². The van der Waals surface area contributed by atoms with Crippen molar-refractivity contribution in [1.29, 1.82) is 0 Å². The van der Waals surface area contributed by atoms with Crippen LogP contribution >= 0.6 is 35.3 Å². The smallest absolute Gasteiger partial charge is 0.251 e. The zero-order chi connectivity index (χ0) is 18.8. The molecule has 0 atom stereocenters. The van der Waals surface area contributed by atoms with Gasteiger partial charge in [0.2, 0.25) is 5.91 Å². The first kappa shape index (κ1) is 22.9. The molecule has 146 valence electrons. The van der Waals surface area contributed by atoms with E-state index in [1.807, 2.05) is 24.4 Å². The van der Waals surface area contributed by atoms with Crippen LogP contribution in [0.4, 0.5) is 0 Å². The Labute approximate surface area is 179 Å². The predicted molar refractivity (Wildman–Crippen MR) is 119 cm³/mol. The lowest BCUT2D eigenvalue weighted by Gasteiger charge is -2.11. The number of halogens is 1. The molecule has 0 aliphatic heterocycles. The summed E-state index contributed by atoms with van der Waals surface area (Å²) in [6.07, 6.45) is 0. The summed E-state index contributed by atoms with van der Waals surface area (Å²) in [4.78, 5) is 27.1. The van der Waals surface area contributed by atoms with Crippen molar-refractivity contribution in [3.05, 3.63) is 57.8 Å². The number of aliphatic imine (C=N–C) groups is 1. The van der Waals surface area contributed by atoms with Crippen molar-refractivity contribution in [3.63, 3.8) is 0 Å². The fourth-order valence-electron chi connectivity index (χ4n) is 2.12. The van der Waals surface area contributed by atoms with Crippen LogP contribution in [0, 0.1) is 0 Å². The van der Waals surface area contributed by atoms with Gasteiger partial charge in [0.15, 0.2) is 5.96 Å². The monoisotopic (exact) mass is 501 g/mol. The minimum absolute atomic E-state index is 0. The van der Waals surface area contributed by atoms with E-state index in [1.165, 1.54) is 5.56 Å². The van der Waals surface area contributed by atoms with Crippen LogP contribution in [0.5, 0.6) is 0 Å². The summed E-state index contributed by atoms with van der Waals surface area (Å²) in [6, 6.07) is 9.19. The van der Waals surface area contributed by atoms with Gasteiger partial charge in [0, 0.05) is 18.7 Å². The molecule has 27 heavy (non-hydrogen) atoms. The number of benzene rings is 1. The average Bonchev–Trinajstić information content (AvgIpc) is 3.16. The Morgan fingerprint density at radius 2 is 1.81 bits per heavy atom. The summed E-state index contributed by atoms with van der Waals surface area (Å²) in [6.45, 7) is 3.82. The standard InChI is InChI=1S/C18H23N5O2S.HI/c1-2-20-18(23-10-14-7-8-26-12-14)22-9-13-3-5-15(6-4-13)17(25)21-11-16(19)24;/h3-8,12H,2,9-11H2,1H3,(H2,19,24)(H,21,25)(H2,20,22,23);1H. The molecule has 0 saturated carbocycles. The Kier molecular flexibility index (Phi) is 10.4. The Morgan fingerprint density at radius 1 is 1.07 bits per heavy atom. The molecular weight excluding hydrogens is 477 g/mol. The van der Waals surface area contributed by atoms with Crippen molar-refractivity contribution >= 4 is 53.1 Å². The molecule has 1 aromatic heterocycles. The number of nitrogens with zero attached hydrogens (tertiary/aromatic N) is 1. The summed E-state index contributed by atoms with van der Waals surface area (Å²) in [7, 11) is 0. The highest BCUT2D eigenvalue weighted by Crippen LogP contribution is 2.07. The first-order valence-corrected chi connectivity index (χ1v) is 9.21. The van der Waals surface area contributed by atoms with Gasteiger partial charge in [-0.05, 0) is 47.0 Å². The molecule has 0 unspecified atom stereocenters. The Bertz CT molecular complexity index is 748. The second-order valence-electron chi connectivity index (χ2n) is 5.53. The number of nitrogens with two attached hydrogens (primary N) is 1. The Balaban J connectivity index is 0.00000364. The van der Waals surface area contributed by atoms with E-state index in [9.17, 15) is 9.59 Å². The van der Waals surface area contributed by atoms with Crippen molar-refractivity contribution in [3.8, 4) is 0 Å².